The van der Waals surface area contributed by atoms with Crippen LogP contribution in [0.15, 0.2) is 40.8 Å². The number of carbonyl (C=O) groups excluding carboxylic acids is 2. The Morgan fingerprint density at radius 1 is 1.04 bits per heavy atom. The lowest BCUT2D eigenvalue weighted by Crippen LogP contribution is -2.28. The first-order valence-corrected chi connectivity index (χ1v) is 8.35. The fraction of sp³-hybridized carbons (Fsp3) is 0.368. The maximum absolute atomic E-state index is 12.3. The summed E-state index contributed by atoms with van der Waals surface area (Å²) in [6, 6.07) is 10.4. The Morgan fingerprint density at radius 3 is 2.42 bits per heavy atom. The highest BCUT2D eigenvalue weighted by atomic mass is 16.4. The van der Waals surface area contributed by atoms with Crippen LogP contribution >= 0.6 is 0 Å². The number of benzene rings is 1. The van der Waals surface area contributed by atoms with Gasteiger partial charge in [0.2, 0.25) is 0 Å². The Balaban J connectivity index is 1.59. The van der Waals surface area contributed by atoms with Gasteiger partial charge in [0.15, 0.2) is 11.5 Å². The van der Waals surface area contributed by atoms with E-state index in [4.69, 9.17) is 4.42 Å². The van der Waals surface area contributed by atoms with Gasteiger partial charge >= 0.3 is 0 Å². The zero-order chi connectivity index (χ0) is 16.9. The van der Waals surface area contributed by atoms with Crippen molar-refractivity contribution in [1.29, 1.82) is 0 Å². The molecule has 0 bridgehead atoms. The number of hydrogen-bond acceptors (Lipinski definition) is 4. The highest BCUT2D eigenvalue weighted by molar-refractivity contribution is 6.02. The van der Waals surface area contributed by atoms with E-state index in [0.29, 0.717) is 17.0 Å². The van der Waals surface area contributed by atoms with Crippen LogP contribution in [0, 0.1) is 0 Å². The van der Waals surface area contributed by atoms with E-state index in [1.807, 2.05) is 6.07 Å². The summed E-state index contributed by atoms with van der Waals surface area (Å²) in [7, 11) is 0. The molecule has 1 amide bonds. The molecule has 5 heteroatoms. The number of likely N-dealkylation sites (tertiary alicyclic amines) is 1. The van der Waals surface area contributed by atoms with Gasteiger partial charge in [-0.2, -0.15) is 0 Å². The quantitative estimate of drug-likeness (QED) is 0.851. The van der Waals surface area contributed by atoms with E-state index in [-0.39, 0.29) is 11.7 Å². The van der Waals surface area contributed by atoms with Crippen molar-refractivity contribution in [2.45, 2.75) is 32.7 Å². The van der Waals surface area contributed by atoms with Crippen LogP contribution in [0.25, 0.3) is 0 Å². The molecule has 2 heterocycles. The van der Waals surface area contributed by atoms with Gasteiger partial charge in [0.05, 0.1) is 6.54 Å². The third-order valence-electron chi connectivity index (χ3n) is 4.26. The van der Waals surface area contributed by atoms with E-state index in [0.717, 1.165) is 25.4 Å². The van der Waals surface area contributed by atoms with Crippen LogP contribution < -0.4 is 5.32 Å². The summed E-state index contributed by atoms with van der Waals surface area (Å²) in [5.74, 6) is 0.836. The van der Waals surface area contributed by atoms with Gasteiger partial charge in [0, 0.05) is 11.3 Å². The number of anilines is 1. The van der Waals surface area contributed by atoms with Crippen LogP contribution in [0.4, 0.5) is 5.69 Å². The second kappa shape index (κ2) is 7.45. The molecule has 0 aliphatic carbocycles. The molecule has 1 aromatic carbocycles. The smallest absolute Gasteiger partial charge is 0.291 e. The van der Waals surface area contributed by atoms with E-state index in [1.54, 1.807) is 30.3 Å². The lowest BCUT2D eigenvalue weighted by molar-refractivity contribution is 0.0990. The van der Waals surface area contributed by atoms with Crippen molar-refractivity contribution in [2.24, 2.45) is 0 Å². The highest BCUT2D eigenvalue weighted by Gasteiger charge is 2.15. The van der Waals surface area contributed by atoms with Gasteiger partial charge in [-0.25, -0.2) is 0 Å². The monoisotopic (exact) mass is 326 g/mol. The molecule has 24 heavy (non-hydrogen) atoms. The van der Waals surface area contributed by atoms with Gasteiger partial charge < -0.3 is 9.73 Å². The Morgan fingerprint density at radius 2 is 1.75 bits per heavy atom. The standard InChI is InChI=1S/C19H22N2O3/c1-14(22)15-5-7-16(8-6-15)20-19(23)18-10-9-17(24-18)13-21-11-3-2-4-12-21/h5-10H,2-4,11-13H2,1H3,(H,20,23). The molecule has 0 radical (unpaired) electrons. The van der Waals surface area contributed by atoms with Crippen LogP contribution in [0.1, 0.15) is 52.9 Å². The number of Topliss-reactive ketones (excluding diaryl/α,β-unsaturated/α-hetero) is 1. The number of piperidine rings is 1. The van der Waals surface area contributed by atoms with Crippen LogP contribution in [0.2, 0.25) is 0 Å². The predicted octanol–water partition coefficient (Wildman–Crippen LogP) is 3.72. The summed E-state index contributed by atoms with van der Waals surface area (Å²) >= 11 is 0. The summed E-state index contributed by atoms with van der Waals surface area (Å²) in [6.07, 6.45) is 3.75. The Labute approximate surface area is 141 Å². The summed E-state index contributed by atoms with van der Waals surface area (Å²) in [5, 5.41) is 2.78. The summed E-state index contributed by atoms with van der Waals surface area (Å²) in [4.78, 5) is 25.9. The molecule has 1 saturated heterocycles. The number of carbonyl (C=O) groups is 2. The van der Waals surface area contributed by atoms with Gasteiger partial charge in [0.25, 0.3) is 5.91 Å². The summed E-state index contributed by atoms with van der Waals surface area (Å²) < 4.78 is 5.67. The van der Waals surface area contributed by atoms with E-state index < -0.39 is 0 Å². The topological polar surface area (TPSA) is 62.6 Å². The average molecular weight is 326 g/mol. The van der Waals surface area contributed by atoms with Crippen molar-refractivity contribution >= 4 is 17.4 Å². The van der Waals surface area contributed by atoms with Gasteiger partial charge in [-0.05, 0) is 69.3 Å². The molecule has 5 nitrogen and oxygen atoms in total. The molecule has 1 N–H and O–H groups in total. The van der Waals surface area contributed by atoms with Gasteiger partial charge in [-0.1, -0.05) is 6.42 Å². The van der Waals surface area contributed by atoms with Crippen molar-refractivity contribution in [3.8, 4) is 0 Å². The zero-order valence-electron chi connectivity index (χ0n) is 13.9. The molecule has 0 unspecified atom stereocenters. The normalized spacial score (nSPS) is 15.2. The van der Waals surface area contributed by atoms with Crippen LogP contribution in [0.5, 0.6) is 0 Å². The Kier molecular flexibility index (Phi) is 5.11. The molecule has 2 aromatic rings. The van der Waals surface area contributed by atoms with Crippen molar-refractivity contribution < 1.29 is 14.0 Å². The second-order valence-corrected chi connectivity index (χ2v) is 6.19. The fourth-order valence-corrected chi connectivity index (χ4v) is 2.90. The average Bonchev–Trinajstić information content (AvgIpc) is 3.05. The fourth-order valence-electron chi connectivity index (χ4n) is 2.90. The number of ketones is 1. The van der Waals surface area contributed by atoms with Gasteiger partial charge in [-0.15, -0.1) is 0 Å². The van der Waals surface area contributed by atoms with E-state index in [9.17, 15) is 9.59 Å². The van der Waals surface area contributed by atoms with E-state index in [1.165, 1.54) is 26.2 Å². The van der Waals surface area contributed by atoms with Gasteiger partial charge in [0.1, 0.15) is 5.76 Å². The predicted molar refractivity (Wildman–Crippen MR) is 92.2 cm³/mol. The summed E-state index contributed by atoms with van der Waals surface area (Å²) in [6.45, 7) is 4.44. The highest BCUT2D eigenvalue weighted by Crippen LogP contribution is 2.17. The molecular weight excluding hydrogens is 304 g/mol. The molecule has 3 rings (SSSR count). The first-order valence-electron chi connectivity index (χ1n) is 8.35. The number of hydrogen-bond donors (Lipinski definition) is 1. The minimum absolute atomic E-state index is 0.00117. The number of rotatable bonds is 5. The molecule has 0 spiro atoms. The third kappa shape index (κ3) is 4.11. The number of nitrogens with zero attached hydrogens (tertiary/aromatic N) is 1. The SMILES string of the molecule is CC(=O)c1ccc(NC(=O)c2ccc(CN3CCCCC3)o2)cc1. The maximum Gasteiger partial charge on any atom is 0.291 e. The van der Waals surface area contributed by atoms with E-state index in [2.05, 4.69) is 10.2 Å². The Hall–Kier alpha value is -2.40. The lowest BCUT2D eigenvalue weighted by atomic mass is 10.1. The summed E-state index contributed by atoms with van der Waals surface area (Å²) in [5.41, 5.74) is 1.26. The van der Waals surface area contributed by atoms with Crippen molar-refractivity contribution in [3.05, 3.63) is 53.5 Å². The molecule has 0 saturated carbocycles. The largest absolute Gasteiger partial charge is 0.455 e. The maximum atomic E-state index is 12.3. The molecule has 1 aliphatic heterocycles. The van der Waals surface area contributed by atoms with Crippen molar-refractivity contribution in [1.82, 2.24) is 4.90 Å². The van der Waals surface area contributed by atoms with Crippen molar-refractivity contribution in [2.75, 3.05) is 18.4 Å². The van der Waals surface area contributed by atoms with Crippen LogP contribution in [0.3, 0.4) is 0 Å². The van der Waals surface area contributed by atoms with Crippen molar-refractivity contribution in [3.63, 3.8) is 0 Å². The molecular formula is C19H22N2O3. The molecule has 1 fully saturated rings. The molecule has 1 aliphatic rings. The molecule has 0 atom stereocenters. The molecule has 1 aromatic heterocycles. The Bertz CT molecular complexity index is 712. The second-order valence-electron chi connectivity index (χ2n) is 6.19. The number of amides is 1. The third-order valence-corrected chi connectivity index (χ3v) is 4.26. The first kappa shape index (κ1) is 16.5. The van der Waals surface area contributed by atoms with Crippen LogP contribution in [-0.4, -0.2) is 29.7 Å². The van der Waals surface area contributed by atoms with E-state index >= 15 is 0 Å². The lowest BCUT2D eigenvalue weighted by Gasteiger charge is -2.25. The van der Waals surface area contributed by atoms with Gasteiger partial charge in [-0.3, -0.25) is 14.5 Å². The number of nitrogens with one attached hydrogen (secondary N) is 1. The first-order chi connectivity index (χ1) is 11.6. The molecule has 126 valence electrons. The van der Waals surface area contributed by atoms with Crippen LogP contribution in [-0.2, 0) is 6.54 Å². The minimum atomic E-state index is -0.282. The zero-order valence-corrected chi connectivity index (χ0v) is 13.9. The number of furan rings is 1. The minimum Gasteiger partial charge on any atom is -0.455 e.